The van der Waals surface area contributed by atoms with Crippen LogP contribution in [0.25, 0.3) is 0 Å². The van der Waals surface area contributed by atoms with Crippen LogP contribution in [0.2, 0.25) is 10.0 Å². The van der Waals surface area contributed by atoms with Crippen LogP contribution in [-0.2, 0) is 26.2 Å². The van der Waals surface area contributed by atoms with Crippen LogP contribution in [-0.4, -0.2) is 44.3 Å². The van der Waals surface area contributed by atoms with E-state index in [4.69, 9.17) is 23.2 Å². The molecule has 0 aliphatic carbocycles. The molecule has 3 aromatic carbocycles. The van der Waals surface area contributed by atoms with E-state index in [9.17, 15) is 18.0 Å². The Kier molecular flexibility index (Phi) is 11.0. The lowest BCUT2D eigenvalue weighted by Gasteiger charge is -2.33. The van der Waals surface area contributed by atoms with E-state index in [0.717, 1.165) is 9.87 Å². The van der Waals surface area contributed by atoms with Gasteiger partial charge in [-0.3, -0.25) is 13.9 Å². The van der Waals surface area contributed by atoms with Crippen LogP contribution in [0.3, 0.4) is 0 Å². The van der Waals surface area contributed by atoms with Crippen LogP contribution in [0.4, 0.5) is 5.69 Å². The van der Waals surface area contributed by atoms with Gasteiger partial charge in [-0.05, 0) is 66.8 Å². The molecule has 3 aromatic rings. The van der Waals surface area contributed by atoms with Crippen molar-refractivity contribution in [3.63, 3.8) is 0 Å². The Morgan fingerprint density at radius 3 is 2.12 bits per heavy atom. The van der Waals surface area contributed by atoms with Gasteiger partial charge in [0.25, 0.3) is 10.0 Å². The predicted octanol–water partition coefficient (Wildman–Crippen LogP) is 6.26. The van der Waals surface area contributed by atoms with Crippen LogP contribution in [0.1, 0.15) is 51.2 Å². The summed E-state index contributed by atoms with van der Waals surface area (Å²) in [7, 11) is -4.12. The highest BCUT2D eigenvalue weighted by atomic mass is 35.5. The maximum atomic E-state index is 14.0. The minimum Gasteiger partial charge on any atom is -0.355 e. The summed E-state index contributed by atoms with van der Waals surface area (Å²) in [5.74, 6) is -0.629. The van der Waals surface area contributed by atoms with Crippen molar-refractivity contribution in [2.75, 3.05) is 17.4 Å². The number of rotatable bonds is 12. The zero-order chi connectivity index (χ0) is 29.4. The number of hydrogen-bond donors (Lipinski definition) is 1. The molecule has 7 nitrogen and oxygen atoms in total. The van der Waals surface area contributed by atoms with Crippen LogP contribution in [0.15, 0.2) is 77.7 Å². The Morgan fingerprint density at radius 2 is 1.57 bits per heavy atom. The first kappa shape index (κ1) is 31.5. The molecule has 0 aromatic heterocycles. The maximum absolute atomic E-state index is 14.0. The Balaban J connectivity index is 2.08. The third kappa shape index (κ3) is 7.56. The molecule has 1 unspecified atom stereocenters. The molecule has 214 valence electrons. The maximum Gasteiger partial charge on any atom is 0.264 e. The number of amides is 2. The summed E-state index contributed by atoms with van der Waals surface area (Å²) in [4.78, 5) is 28.5. The smallest absolute Gasteiger partial charge is 0.264 e. The molecule has 0 radical (unpaired) electrons. The molecule has 0 fully saturated rings. The van der Waals surface area contributed by atoms with Gasteiger partial charge in [-0.1, -0.05) is 80.4 Å². The second kappa shape index (κ2) is 14.0. The minimum atomic E-state index is -4.12. The number of hydrogen-bond acceptors (Lipinski definition) is 4. The fraction of sp³-hybridized carbons (Fsp3) is 0.333. The summed E-state index contributed by atoms with van der Waals surface area (Å²) >= 11 is 12.5. The van der Waals surface area contributed by atoms with Gasteiger partial charge in [0.05, 0.1) is 10.6 Å². The van der Waals surface area contributed by atoms with E-state index in [1.807, 2.05) is 26.0 Å². The number of nitrogens with zero attached hydrogens (tertiary/aromatic N) is 2. The van der Waals surface area contributed by atoms with E-state index in [1.54, 1.807) is 62.4 Å². The molecule has 1 atom stereocenters. The van der Waals surface area contributed by atoms with Crippen LogP contribution in [0, 0.1) is 0 Å². The van der Waals surface area contributed by atoms with Crippen molar-refractivity contribution in [2.45, 2.75) is 57.5 Å². The third-order valence-corrected chi connectivity index (χ3v) is 8.93. The number of carbonyl (C=O) groups excluding carboxylic acids is 2. The van der Waals surface area contributed by atoms with Crippen molar-refractivity contribution in [3.05, 3.63) is 94.0 Å². The first-order valence-corrected chi connectivity index (χ1v) is 15.4. The lowest BCUT2D eigenvalue weighted by Crippen LogP contribution is -2.52. The molecule has 0 saturated carbocycles. The van der Waals surface area contributed by atoms with Crippen LogP contribution >= 0.6 is 23.2 Å². The molecule has 0 saturated heterocycles. The zero-order valence-corrected chi connectivity index (χ0v) is 25.4. The summed E-state index contributed by atoms with van der Waals surface area (Å²) < 4.78 is 28.8. The second-order valence-corrected chi connectivity index (χ2v) is 12.4. The van der Waals surface area contributed by atoms with Gasteiger partial charge < -0.3 is 10.2 Å². The van der Waals surface area contributed by atoms with Gasteiger partial charge in [0, 0.05) is 23.1 Å². The minimum absolute atomic E-state index is 0.00398. The Bertz CT molecular complexity index is 1410. The lowest BCUT2D eigenvalue weighted by molar-refractivity contribution is -0.140. The molecule has 2 amide bonds. The van der Waals surface area contributed by atoms with Crippen molar-refractivity contribution in [1.29, 1.82) is 0 Å². The molecule has 1 N–H and O–H groups in total. The van der Waals surface area contributed by atoms with Gasteiger partial charge in [0.2, 0.25) is 11.8 Å². The fourth-order valence-corrected chi connectivity index (χ4v) is 6.22. The molecular weight excluding hydrogens is 569 g/mol. The molecule has 0 spiro atoms. The number of halogens is 2. The number of sulfonamides is 1. The molecule has 0 aliphatic rings. The number of benzene rings is 3. The average Bonchev–Trinajstić information content (AvgIpc) is 2.93. The SMILES string of the molecule is CCNC(=O)C(CC)N(Cc1ccc(Cl)cc1Cl)C(=O)CN(c1ccc(C(C)C)cc1)S(=O)(=O)c1ccccc1. The highest BCUT2D eigenvalue weighted by Gasteiger charge is 2.33. The van der Waals surface area contributed by atoms with Crippen molar-refractivity contribution in [2.24, 2.45) is 0 Å². The van der Waals surface area contributed by atoms with Crippen LogP contribution < -0.4 is 9.62 Å². The molecular formula is C30H35Cl2N3O4S. The second-order valence-electron chi connectivity index (χ2n) is 9.65. The normalized spacial score (nSPS) is 12.2. The predicted molar refractivity (Wildman–Crippen MR) is 161 cm³/mol. The van der Waals surface area contributed by atoms with Gasteiger partial charge in [-0.25, -0.2) is 8.42 Å². The highest BCUT2D eigenvalue weighted by molar-refractivity contribution is 7.92. The quantitative estimate of drug-likeness (QED) is 0.265. The van der Waals surface area contributed by atoms with Gasteiger partial charge in [0.15, 0.2) is 0 Å². The van der Waals surface area contributed by atoms with Gasteiger partial charge in [-0.15, -0.1) is 0 Å². The van der Waals surface area contributed by atoms with Gasteiger partial charge in [0.1, 0.15) is 12.6 Å². The zero-order valence-electron chi connectivity index (χ0n) is 23.1. The fourth-order valence-electron chi connectivity index (χ4n) is 4.32. The molecule has 10 heteroatoms. The van der Waals surface area contributed by atoms with E-state index in [0.29, 0.717) is 34.3 Å². The largest absolute Gasteiger partial charge is 0.355 e. The van der Waals surface area contributed by atoms with E-state index in [2.05, 4.69) is 5.32 Å². The van der Waals surface area contributed by atoms with E-state index >= 15 is 0 Å². The number of anilines is 1. The Hall–Kier alpha value is -3.07. The summed E-state index contributed by atoms with van der Waals surface area (Å²) in [6, 6.07) is 19.1. The first-order chi connectivity index (χ1) is 19.0. The third-order valence-electron chi connectivity index (χ3n) is 6.55. The monoisotopic (exact) mass is 603 g/mol. The standard InChI is InChI=1S/C30H35Cl2N3O4S/c1-5-28(30(37)33-6-2)34(19-23-12-15-24(31)18-27(23)32)29(36)20-35(25-16-13-22(14-17-25)21(3)4)40(38,39)26-10-8-7-9-11-26/h7-18,21,28H,5-6,19-20H2,1-4H3,(H,33,37). The highest BCUT2D eigenvalue weighted by Crippen LogP contribution is 2.28. The first-order valence-electron chi connectivity index (χ1n) is 13.2. The molecule has 0 aliphatic heterocycles. The van der Waals surface area contributed by atoms with Gasteiger partial charge >= 0.3 is 0 Å². The average molecular weight is 605 g/mol. The number of nitrogens with one attached hydrogen (secondary N) is 1. The van der Waals surface area contributed by atoms with Gasteiger partial charge in [-0.2, -0.15) is 0 Å². The molecule has 3 rings (SSSR count). The summed E-state index contributed by atoms with van der Waals surface area (Å²) in [6.45, 7) is 7.55. The lowest BCUT2D eigenvalue weighted by atomic mass is 10.0. The van der Waals surface area contributed by atoms with Crippen LogP contribution in [0.5, 0.6) is 0 Å². The van der Waals surface area contributed by atoms with Crippen molar-refractivity contribution in [3.8, 4) is 0 Å². The number of likely N-dealkylation sites (N-methyl/N-ethyl adjacent to an activating group) is 1. The molecule has 0 heterocycles. The Labute approximate surface area is 247 Å². The van der Waals surface area contributed by atoms with Crippen molar-refractivity contribution >= 4 is 50.7 Å². The van der Waals surface area contributed by atoms with E-state index in [-0.39, 0.29) is 23.3 Å². The Morgan fingerprint density at radius 1 is 0.925 bits per heavy atom. The summed E-state index contributed by atoms with van der Waals surface area (Å²) in [5.41, 5.74) is 1.96. The van der Waals surface area contributed by atoms with Crippen molar-refractivity contribution < 1.29 is 18.0 Å². The molecule has 40 heavy (non-hydrogen) atoms. The topological polar surface area (TPSA) is 86.8 Å². The summed E-state index contributed by atoms with van der Waals surface area (Å²) in [5, 5.41) is 3.56. The van der Waals surface area contributed by atoms with E-state index < -0.39 is 28.5 Å². The summed E-state index contributed by atoms with van der Waals surface area (Å²) in [6.07, 6.45) is 0.317. The molecule has 0 bridgehead atoms. The van der Waals surface area contributed by atoms with Crippen molar-refractivity contribution in [1.82, 2.24) is 10.2 Å². The van der Waals surface area contributed by atoms with E-state index in [1.165, 1.54) is 17.0 Å². The number of carbonyl (C=O) groups is 2.